The molecule has 0 atom stereocenters. The Kier molecular flexibility index (Phi) is 5.78. The lowest BCUT2D eigenvalue weighted by Crippen LogP contribution is -2.46. The van der Waals surface area contributed by atoms with Crippen molar-refractivity contribution in [1.82, 2.24) is 14.5 Å². The molecule has 1 aliphatic heterocycles. The fourth-order valence-corrected chi connectivity index (χ4v) is 3.84. The molecule has 0 bridgehead atoms. The monoisotopic (exact) mass is 342 g/mol. The first kappa shape index (κ1) is 17.2. The third kappa shape index (κ3) is 4.41. The van der Waals surface area contributed by atoms with Crippen LogP contribution < -0.4 is 4.72 Å². The minimum Gasteiger partial charge on any atom is -0.304 e. The molecule has 0 radical (unpaired) electrons. The van der Waals surface area contributed by atoms with Crippen LogP contribution in [0.2, 0.25) is 5.02 Å². The summed E-state index contributed by atoms with van der Waals surface area (Å²) in [6, 6.07) is 6.09. The van der Waals surface area contributed by atoms with E-state index in [-0.39, 0.29) is 9.92 Å². The fourth-order valence-electron chi connectivity index (χ4n) is 2.28. The average molecular weight is 343 g/mol. The number of nitrogens with one attached hydrogen (secondary N) is 1. The molecule has 1 aromatic rings. The van der Waals surface area contributed by atoms with E-state index in [0.717, 1.165) is 26.2 Å². The van der Waals surface area contributed by atoms with Crippen molar-refractivity contribution in [2.75, 3.05) is 46.3 Å². The molecule has 0 amide bonds. The normalized spacial score (nSPS) is 17.3. The summed E-state index contributed by atoms with van der Waals surface area (Å²) in [5.41, 5.74) is 0.335. The first-order valence-electron chi connectivity index (χ1n) is 7.02. The number of likely N-dealkylation sites (N-methyl/N-ethyl adjacent to an activating group) is 1. The molecule has 0 spiro atoms. The van der Waals surface area contributed by atoms with Crippen LogP contribution in [0.4, 0.5) is 0 Å². The lowest BCUT2D eigenvalue weighted by Gasteiger charge is -2.32. The predicted molar refractivity (Wildman–Crippen MR) is 85.3 cm³/mol. The van der Waals surface area contributed by atoms with Crippen molar-refractivity contribution in [3.05, 3.63) is 28.8 Å². The summed E-state index contributed by atoms with van der Waals surface area (Å²) in [5, 5.41) is 8.84. The summed E-state index contributed by atoms with van der Waals surface area (Å²) < 4.78 is 27.0. The van der Waals surface area contributed by atoms with Gasteiger partial charge in [-0.05, 0) is 25.2 Å². The number of benzene rings is 1. The van der Waals surface area contributed by atoms with Crippen molar-refractivity contribution in [3.63, 3.8) is 0 Å². The van der Waals surface area contributed by atoms with Crippen LogP contribution in [0.5, 0.6) is 0 Å². The van der Waals surface area contributed by atoms with E-state index in [1.165, 1.54) is 18.2 Å². The van der Waals surface area contributed by atoms with Gasteiger partial charge in [0.1, 0.15) is 4.90 Å². The van der Waals surface area contributed by atoms with Gasteiger partial charge in [-0.3, -0.25) is 4.90 Å². The van der Waals surface area contributed by atoms with Crippen LogP contribution >= 0.6 is 11.6 Å². The van der Waals surface area contributed by atoms with Crippen molar-refractivity contribution in [2.24, 2.45) is 0 Å². The zero-order valence-electron chi connectivity index (χ0n) is 12.4. The molecule has 2 rings (SSSR count). The van der Waals surface area contributed by atoms with Gasteiger partial charge >= 0.3 is 0 Å². The molecule has 0 aliphatic carbocycles. The Bertz CT molecular complexity index is 664. The van der Waals surface area contributed by atoms with E-state index in [4.69, 9.17) is 16.9 Å². The minimum atomic E-state index is -3.66. The molecule has 1 aliphatic rings. The minimum absolute atomic E-state index is 0.00606. The van der Waals surface area contributed by atoms with Crippen LogP contribution in [0.25, 0.3) is 0 Å². The van der Waals surface area contributed by atoms with Gasteiger partial charge in [0.15, 0.2) is 0 Å². The SMILES string of the molecule is CN1CCN(CCNS(=O)(=O)c2ccc(C#N)cc2Cl)CC1. The van der Waals surface area contributed by atoms with Crippen LogP contribution in [0.15, 0.2) is 23.1 Å². The third-order valence-electron chi connectivity index (χ3n) is 3.67. The number of rotatable bonds is 5. The number of nitriles is 1. The summed E-state index contributed by atoms with van der Waals surface area (Å²) in [7, 11) is -1.58. The van der Waals surface area contributed by atoms with Crippen LogP contribution in [-0.4, -0.2) is 64.5 Å². The Morgan fingerprint density at radius 1 is 1.32 bits per heavy atom. The largest absolute Gasteiger partial charge is 0.304 e. The highest BCUT2D eigenvalue weighted by molar-refractivity contribution is 7.89. The van der Waals surface area contributed by atoms with Crippen LogP contribution in [0.1, 0.15) is 5.56 Å². The summed E-state index contributed by atoms with van der Waals surface area (Å²) in [6.07, 6.45) is 0. The summed E-state index contributed by atoms with van der Waals surface area (Å²) in [5.74, 6) is 0. The Balaban J connectivity index is 1.93. The van der Waals surface area contributed by atoms with E-state index < -0.39 is 10.0 Å². The molecule has 6 nitrogen and oxygen atoms in total. The molecule has 120 valence electrons. The van der Waals surface area contributed by atoms with E-state index in [1.54, 1.807) is 0 Å². The molecule has 22 heavy (non-hydrogen) atoms. The van der Waals surface area contributed by atoms with Gasteiger partial charge in [-0.25, -0.2) is 13.1 Å². The van der Waals surface area contributed by atoms with Gasteiger partial charge in [0.25, 0.3) is 0 Å². The number of piperazine rings is 1. The number of hydrogen-bond donors (Lipinski definition) is 1. The van der Waals surface area contributed by atoms with Crippen molar-refractivity contribution >= 4 is 21.6 Å². The van der Waals surface area contributed by atoms with Gasteiger partial charge in [-0.1, -0.05) is 11.6 Å². The van der Waals surface area contributed by atoms with Gasteiger partial charge in [0.2, 0.25) is 10.0 Å². The highest BCUT2D eigenvalue weighted by Gasteiger charge is 2.19. The second-order valence-corrected chi connectivity index (χ2v) is 7.44. The van der Waals surface area contributed by atoms with Crippen molar-refractivity contribution in [2.45, 2.75) is 4.90 Å². The highest BCUT2D eigenvalue weighted by Crippen LogP contribution is 2.22. The molecule has 0 saturated carbocycles. The van der Waals surface area contributed by atoms with Gasteiger partial charge < -0.3 is 4.90 Å². The number of halogens is 1. The van der Waals surface area contributed by atoms with Crippen LogP contribution in [-0.2, 0) is 10.0 Å². The Labute approximate surface area is 136 Å². The van der Waals surface area contributed by atoms with E-state index in [1.807, 2.05) is 6.07 Å². The Hall–Kier alpha value is -1.17. The topological polar surface area (TPSA) is 76.4 Å². The second-order valence-electron chi connectivity index (χ2n) is 5.30. The van der Waals surface area contributed by atoms with E-state index in [2.05, 4.69) is 21.6 Å². The van der Waals surface area contributed by atoms with E-state index in [9.17, 15) is 8.42 Å². The summed E-state index contributed by atoms with van der Waals surface area (Å²) >= 11 is 5.95. The first-order valence-corrected chi connectivity index (χ1v) is 8.89. The van der Waals surface area contributed by atoms with E-state index >= 15 is 0 Å². The zero-order valence-corrected chi connectivity index (χ0v) is 14.0. The molecule has 8 heteroatoms. The number of nitrogens with zero attached hydrogens (tertiary/aromatic N) is 3. The van der Waals surface area contributed by atoms with Crippen molar-refractivity contribution in [3.8, 4) is 6.07 Å². The molecule has 1 N–H and O–H groups in total. The maximum atomic E-state index is 12.2. The van der Waals surface area contributed by atoms with Gasteiger partial charge in [-0.2, -0.15) is 5.26 Å². The van der Waals surface area contributed by atoms with Gasteiger partial charge in [-0.15, -0.1) is 0 Å². The molecule has 1 aromatic carbocycles. The average Bonchev–Trinajstić information content (AvgIpc) is 2.48. The van der Waals surface area contributed by atoms with Crippen molar-refractivity contribution < 1.29 is 8.42 Å². The molecule has 0 aromatic heterocycles. The van der Waals surface area contributed by atoms with Gasteiger partial charge in [0.05, 0.1) is 16.7 Å². The molecule has 1 saturated heterocycles. The molecule has 1 fully saturated rings. The van der Waals surface area contributed by atoms with Crippen LogP contribution in [0.3, 0.4) is 0 Å². The predicted octanol–water partition coefficient (Wildman–Crippen LogP) is 0.737. The lowest BCUT2D eigenvalue weighted by molar-refractivity contribution is 0.156. The second kappa shape index (κ2) is 7.40. The Morgan fingerprint density at radius 3 is 2.59 bits per heavy atom. The van der Waals surface area contributed by atoms with Gasteiger partial charge in [0, 0.05) is 39.3 Å². The first-order chi connectivity index (χ1) is 10.4. The molecule has 0 unspecified atom stereocenters. The molecular weight excluding hydrogens is 324 g/mol. The van der Waals surface area contributed by atoms with Crippen molar-refractivity contribution in [1.29, 1.82) is 5.26 Å². The van der Waals surface area contributed by atoms with Crippen LogP contribution in [0, 0.1) is 11.3 Å². The maximum Gasteiger partial charge on any atom is 0.242 e. The smallest absolute Gasteiger partial charge is 0.242 e. The maximum absolute atomic E-state index is 12.2. The third-order valence-corrected chi connectivity index (χ3v) is 5.61. The fraction of sp³-hybridized carbons (Fsp3) is 0.500. The summed E-state index contributed by atoms with van der Waals surface area (Å²) in [4.78, 5) is 4.48. The Morgan fingerprint density at radius 2 is 2.00 bits per heavy atom. The standard InChI is InChI=1S/C14H19ClN4O2S/c1-18-6-8-19(9-7-18)5-4-17-22(20,21)14-3-2-12(11-16)10-13(14)15/h2-3,10,17H,4-9H2,1H3. The molecular formula is C14H19ClN4O2S. The van der Waals surface area contributed by atoms with E-state index in [0.29, 0.717) is 18.7 Å². The lowest BCUT2D eigenvalue weighted by atomic mass is 10.2. The number of hydrogen-bond acceptors (Lipinski definition) is 5. The summed E-state index contributed by atoms with van der Waals surface area (Å²) in [6.45, 7) is 4.87. The number of sulfonamides is 1. The quantitative estimate of drug-likeness (QED) is 0.854. The molecule has 1 heterocycles. The zero-order chi connectivity index (χ0) is 16.2. The highest BCUT2D eigenvalue weighted by atomic mass is 35.5.